The van der Waals surface area contributed by atoms with Crippen molar-refractivity contribution in [1.82, 2.24) is 4.90 Å². The van der Waals surface area contributed by atoms with Crippen LogP contribution in [0.3, 0.4) is 0 Å². The normalized spacial score (nSPS) is 16.8. The zero-order valence-corrected chi connectivity index (χ0v) is 12.6. The van der Waals surface area contributed by atoms with Crippen molar-refractivity contribution in [3.63, 3.8) is 0 Å². The van der Waals surface area contributed by atoms with Crippen LogP contribution in [0.2, 0.25) is 0 Å². The SMILES string of the molecule is CCN1CC(=O)N(c2ccc(C(C)(C)C)cc2)CC1=O. The molecule has 2 rings (SSSR count). The van der Waals surface area contributed by atoms with Gasteiger partial charge in [0.2, 0.25) is 11.8 Å². The highest BCUT2D eigenvalue weighted by Crippen LogP contribution is 2.25. The first-order chi connectivity index (χ1) is 9.32. The van der Waals surface area contributed by atoms with E-state index in [4.69, 9.17) is 0 Å². The number of likely N-dealkylation sites (N-methyl/N-ethyl adjacent to an activating group) is 1. The highest BCUT2D eigenvalue weighted by molar-refractivity contribution is 6.04. The fraction of sp³-hybridized carbons (Fsp3) is 0.500. The Morgan fingerprint density at radius 3 is 2.10 bits per heavy atom. The lowest BCUT2D eigenvalue weighted by Gasteiger charge is -2.33. The van der Waals surface area contributed by atoms with Crippen molar-refractivity contribution in [1.29, 1.82) is 0 Å². The van der Waals surface area contributed by atoms with Crippen molar-refractivity contribution >= 4 is 17.5 Å². The smallest absolute Gasteiger partial charge is 0.247 e. The average Bonchev–Trinajstić information content (AvgIpc) is 2.40. The predicted molar refractivity (Wildman–Crippen MR) is 79.7 cm³/mol. The molecule has 0 saturated carbocycles. The zero-order valence-electron chi connectivity index (χ0n) is 12.6. The lowest BCUT2D eigenvalue weighted by molar-refractivity contribution is -0.138. The summed E-state index contributed by atoms with van der Waals surface area (Å²) in [6.45, 7) is 9.24. The van der Waals surface area contributed by atoms with E-state index in [1.54, 1.807) is 9.80 Å². The first kappa shape index (κ1) is 14.6. The molecule has 1 aromatic carbocycles. The van der Waals surface area contributed by atoms with Crippen molar-refractivity contribution in [2.75, 3.05) is 24.5 Å². The second-order valence-electron chi connectivity index (χ2n) is 6.18. The molecule has 1 heterocycles. The second-order valence-corrected chi connectivity index (χ2v) is 6.18. The first-order valence-corrected chi connectivity index (χ1v) is 7.01. The summed E-state index contributed by atoms with van der Waals surface area (Å²) >= 11 is 0. The molecule has 0 aromatic heterocycles. The van der Waals surface area contributed by atoms with Crippen molar-refractivity contribution in [2.24, 2.45) is 0 Å². The van der Waals surface area contributed by atoms with E-state index in [1.165, 1.54) is 5.56 Å². The number of anilines is 1. The standard InChI is InChI=1S/C16H22N2O2/c1-5-17-10-15(20)18(11-14(17)19)13-8-6-12(7-9-13)16(2,3)4/h6-9H,5,10-11H2,1-4H3. The lowest BCUT2D eigenvalue weighted by Crippen LogP contribution is -2.53. The largest absolute Gasteiger partial charge is 0.332 e. The Bertz CT molecular complexity index is 514. The monoisotopic (exact) mass is 274 g/mol. The van der Waals surface area contributed by atoms with Crippen LogP contribution in [0.15, 0.2) is 24.3 Å². The van der Waals surface area contributed by atoms with Gasteiger partial charge in [-0.3, -0.25) is 9.59 Å². The number of nitrogens with zero attached hydrogens (tertiary/aromatic N) is 2. The Morgan fingerprint density at radius 2 is 1.60 bits per heavy atom. The number of rotatable bonds is 2. The van der Waals surface area contributed by atoms with Crippen LogP contribution in [0.25, 0.3) is 0 Å². The van der Waals surface area contributed by atoms with Gasteiger partial charge in [0.1, 0.15) is 13.1 Å². The van der Waals surface area contributed by atoms with Gasteiger partial charge in [-0.1, -0.05) is 32.9 Å². The molecule has 0 bridgehead atoms. The van der Waals surface area contributed by atoms with Gasteiger partial charge in [0.25, 0.3) is 0 Å². The molecule has 1 aliphatic heterocycles. The minimum absolute atomic E-state index is 0.00648. The quantitative estimate of drug-likeness (QED) is 0.829. The highest BCUT2D eigenvalue weighted by Gasteiger charge is 2.29. The van der Waals surface area contributed by atoms with Crippen molar-refractivity contribution in [3.8, 4) is 0 Å². The number of benzene rings is 1. The Morgan fingerprint density at radius 1 is 1.00 bits per heavy atom. The van der Waals surface area contributed by atoms with Crippen LogP contribution in [0.5, 0.6) is 0 Å². The summed E-state index contributed by atoms with van der Waals surface area (Å²) in [5, 5.41) is 0. The summed E-state index contributed by atoms with van der Waals surface area (Å²) in [6, 6.07) is 7.90. The first-order valence-electron chi connectivity index (χ1n) is 7.01. The van der Waals surface area contributed by atoms with E-state index in [0.29, 0.717) is 6.54 Å². The summed E-state index contributed by atoms with van der Waals surface area (Å²) in [4.78, 5) is 27.2. The highest BCUT2D eigenvalue weighted by atomic mass is 16.2. The fourth-order valence-electron chi connectivity index (χ4n) is 2.33. The van der Waals surface area contributed by atoms with Crippen LogP contribution in [0.4, 0.5) is 5.69 Å². The maximum Gasteiger partial charge on any atom is 0.247 e. The van der Waals surface area contributed by atoms with Gasteiger partial charge in [-0.25, -0.2) is 0 Å². The van der Waals surface area contributed by atoms with Crippen LogP contribution in [0.1, 0.15) is 33.3 Å². The second kappa shape index (κ2) is 5.27. The number of piperazine rings is 1. The summed E-state index contributed by atoms with van der Waals surface area (Å²) < 4.78 is 0. The molecule has 1 aromatic rings. The molecule has 1 aliphatic rings. The van der Waals surface area contributed by atoms with E-state index in [-0.39, 0.29) is 30.3 Å². The summed E-state index contributed by atoms with van der Waals surface area (Å²) in [6.07, 6.45) is 0. The molecule has 0 spiro atoms. The van der Waals surface area contributed by atoms with Gasteiger partial charge < -0.3 is 9.80 Å². The third kappa shape index (κ3) is 2.84. The lowest BCUT2D eigenvalue weighted by atomic mass is 9.87. The minimum atomic E-state index is -0.0186. The number of hydrogen-bond acceptors (Lipinski definition) is 2. The number of carbonyl (C=O) groups is 2. The van der Waals surface area contributed by atoms with E-state index in [9.17, 15) is 9.59 Å². The van der Waals surface area contributed by atoms with Gasteiger partial charge in [0.05, 0.1) is 0 Å². The average molecular weight is 274 g/mol. The maximum atomic E-state index is 12.1. The van der Waals surface area contributed by atoms with E-state index < -0.39 is 0 Å². The topological polar surface area (TPSA) is 40.6 Å². The Kier molecular flexibility index (Phi) is 3.84. The van der Waals surface area contributed by atoms with Crippen molar-refractivity contribution in [3.05, 3.63) is 29.8 Å². The molecule has 4 heteroatoms. The van der Waals surface area contributed by atoms with E-state index in [1.807, 2.05) is 31.2 Å². The van der Waals surface area contributed by atoms with Gasteiger partial charge in [0, 0.05) is 12.2 Å². The van der Waals surface area contributed by atoms with Crippen LogP contribution in [0, 0.1) is 0 Å². The molecular weight excluding hydrogens is 252 g/mol. The minimum Gasteiger partial charge on any atom is -0.332 e. The summed E-state index contributed by atoms with van der Waals surface area (Å²) in [5.41, 5.74) is 2.10. The molecule has 1 saturated heterocycles. The van der Waals surface area contributed by atoms with Crippen LogP contribution in [-0.4, -0.2) is 36.3 Å². The molecule has 20 heavy (non-hydrogen) atoms. The molecule has 108 valence electrons. The Hall–Kier alpha value is -1.84. The van der Waals surface area contributed by atoms with E-state index >= 15 is 0 Å². The molecule has 0 N–H and O–H groups in total. The summed E-state index contributed by atoms with van der Waals surface area (Å²) in [5.74, 6) is -0.0121. The van der Waals surface area contributed by atoms with Crippen LogP contribution in [-0.2, 0) is 15.0 Å². The number of carbonyl (C=O) groups excluding carboxylic acids is 2. The molecule has 0 atom stereocenters. The number of amides is 2. The molecule has 0 radical (unpaired) electrons. The Labute approximate surface area is 120 Å². The molecule has 0 aliphatic carbocycles. The third-order valence-corrected chi connectivity index (χ3v) is 3.70. The maximum absolute atomic E-state index is 12.1. The predicted octanol–water partition coefficient (Wildman–Crippen LogP) is 2.18. The molecule has 4 nitrogen and oxygen atoms in total. The zero-order chi connectivity index (χ0) is 14.9. The van der Waals surface area contributed by atoms with Gasteiger partial charge in [-0.2, -0.15) is 0 Å². The van der Waals surface area contributed by atoms with E-state index in [0.717, 1.165) is 5.69 Å². The molecular formula is C16H22N2O2. The molecule has 1 fully saturated rings. The van der Waals surface area contributed by atoms with E-state index in [2.05, 4.69) is 20.8 Å². The molecule has 2 amide bonds. The van der Waals surface area contributed by atoms with Crippen LogP contribution < -0.4 is 4.90 Å². The fourth-order valence-corrected chi connectivity index (χ4v) is 2.33. The van der Waals surface area contributed by atoms with Gasteiger partial charge in [0.15, 0.2) is 0 Å². The number of hydrogen-bond donors (Lipinski definition) is 0. The van der Waals surface area contributed by atoms with Crippen LogP contribution >= 0.6 is 0 Å². The van der Waals surface area contributed by atoms with Gasteiger partial charge in [-0.15, -0.1) is 0 Å². The summed E-state index contributed by atoms with van der Waals surface area (Å²) in [7, 11) is 0. The van der Waals surface area contributed by atoms with Gasteiger partial charge >= 0.3 is 0 Å². The Balaban J connectivity index is 2.20. The van der Waals surface area contributed by atoms with Crippen molar-refractivity contribution < 1.29 is 9.59 Å². The third-order valence-electron chi connectivity index (χ3n) is 3.70. The van der Waals surface area contributed by atoms with Crippen molar-refractivity contribution in [2.45, 2.75) is 33.1 Å². The van der Waals surface area contributed by atoms with Gasteiger partial charge in [-0.05, 0) is 30.0 Å². The molecule has 0 unspecified atom stereocenters.